The summed E-state index contributed by atoms with van der Waals surface area (Å²) in [4.78, 5) is 30.1. The molecule has 33 heavy (non-hydrogen) atoms. The zero-order valence-electron chi connectivity index (χ0n) is 18.5. The number of fused-ring (bicyclic) bond motifs is 3. The topological polar surface area (TPSA) is 84.2 Å². The molecule has 1 spiro atoms. The Bertz CT molecular complexity index is 1320. The predicted octanol–water partition coefficient (Wildman–Crippen LogP) is 5.49. The van der Waals surface area contributed by atoms with Gasteiger partial charge in [-0.25, -0.2) is 18.6 Å². The SMILES string of the molecule is Cc1cc([C@@H](C)Nc2ccsc2C(=O)O)c2nc3n(c(=O)c2c1)CCC31CCC(F)(F)CC1. The van der Waals surface area contributed by atoms with Crippen molar-refractivity contribution in [3.8, 4) is 0 Å². The van der Waals surface area contributed by atoms with Crippen molar-refractivity contribution in [2.45, 2.75) is 69.9 Å². The molecule has 0 unspecified atom stereocenters. The summed E-state index contributed by atoms with van der Waals surface area (Å²) in [6.45, 7) is 4.31. The Hall–Kier alpha value is -2.81. The molecule has 1 fully saturated rings. The summed E-state index contributed by atoms with van der Waals surface area (Å²) in [5, 5.41) is 14.9. The van der Waals surface area contributed by atoms with Gasteiger partial charge in [-0.3, -0.25) is 9.36 Å². The highest BCUT2D eigenvalue weighted by Crippen LogP contribution is 2.49. The van der Waals surface area contributed by atoms with E-state index in [1.165, 1.54) is 0 Å². The molecule has 174 valence electrons. The number of aromatic nitrogens is 2. The van der Waals surface area contributed by atoms with Crippen molar-refractivity contribution in [3.05, 3.63) is 55.8 Å². The molecule has 1 aliphatic carbocycles. The third kappa shape index (κ3) is 3.62. The molecule has 2 aliphatic rings. The number of nitrogens with one attached hydrogen (secondary N) is 1. The molecular weight excluding hydrogens is 448 g/mol. The highest BCUT2D eigenvalue weighted by atomic mass is 32.1. The van der Waals surface area contributed by atoms with Crippen LogP contribution in [0.25, 0.3) is 10.9 Å². The largest absolute Gasteiger partial charge is 0.477 e. The van der Waals surface area contributed by atoms with Crippen LogP contribution in [0.2, 0.25) is 0 Å². The van der Waals surface area contributed by atoms with Crippen LogP contribution in [-0.2, 0) is 12.0 Å². The molecule has 0 saturated heterocycles. The van der Waals surface area contributed by atoms with Gasteiger partial charge >= 0.3 is 5.97 Å². The number of carbonyl (C=O) groups is 1. The van der Waals surface area contributed by atoms with Gasteiger partial charge in [0.1, 0.15) is 10.7 Å². The standard InChI is InChI=1S/C24H25F2N3O3S/c1-13-11-15(14(2)27-17-3-10-33-19(17)21(31)32)18-16(12-13)20(30)29-9-8-23(22(29)28-18)4-6-24(25,26)7-5-23/h3,10-12,14,27H,4-9H2,1-2H3,(H,31,32)/t14-/m1/s1. The zero-order valence-corrected chi connectivity index (χ0v) is 19.3. The van der Waals surface area contributed by atoms with E-state index in [0.29, 0.717) is 48.2 Å². The maximum atomic E-state index is 13.9. The molecule has 9 heteroatoms. The average Bonchev–Trinajstić information content (AvgIpc) is 3.36. The minimum atomic E-state index is -2.65. The van der Waals surface area contributed by atoms with Crippen molar-refractivity contribution in [1.82, 2.24) is 9.55 Å². The Labute approximate surface area is 193 Å². The number of hydrogen-bond acceptors (Lipinski definition) is 5. The van der Waals surface area contributed by atoms with E-state index in [0.717, 1.165) is 22.5 Å². The van der Waals surface area contributed by atoms with Crippen molar-refractivity contribution >= 4 is 33.9 Å². The second-order valence-electron chi connectivity index (χ2n) is 9.36. The smallest absolute Gasteiger partial charge is 0.348 e. The lowest BCUT2D eigenvalue weighted by Crippen LogP contribution is -2.37. The van der Waals surface area contributed by atoms with Gasteiger partial charge in [-0.05, 0) is 56.2 Å². The molecule has 1 atom stereocenters. The third-order valence-electron chi connectivity index (χ3n) is 7.16. The van der Waals surface area contributed by atoms with Crippen LogP contribution >= 0.6 is 11.3 Å². The van der Waals surface area contributed by atoms with Gasteiger partial charge in [0.15, 0.2) is 0 Å². The maximum Gasteiger partial charge on any atom is 0.348 e. The summed E-state index contributed by atoms with van der Waals surface area (Å²) in [5.74, 6) is -3.03. The molecule has 0 bridgehead atoms. The Morgan fingerprint density at radius 1 is 1.24 bits per heavy atom. The Kier molecular flexibility index (Phi) is 5.08. The van der Waals surface area contributed by atoms with Crippen molar-refractivity contribution in [1.29, 1.82) is 0 Å². The van der Waals surface area contributed by atoms with E-state index >= 15 is 0 Å². The number of rotatable bonds is 4. The van der Waals surface area contributed by atoms with Crippen LogP contribution in [0.5, 0.6) is 0 Å². The van der Waals surface area contributed by atoms with Gasteiger partial charge in [-0.15, -0.1) is 11.3 Å². The van der Waals surface area contributed by atoms with Crippen LogP contribution in [-0.4, -0.2) is 26.5 Å². The molecule has 1 aromatic carbocycles. The number of nitrogens with zero attached hydrogens (tertiary/aromatic N) is 2. The van der Waals surface area contributed by atoms with Crippen LogP contribution in [0.1, 0.15) is 71.7 Å². The number of aromatic carboxylic acids is 1. The van der Waals surface area contributed by atoms with Gasteiger partial charge in [-0.2, -0.15) is 0 Å². The number of anilines is 1. The quantitative estimate of drug-likeness (QED) is 0.524. The van der Waals surface area contributed by atoms with Gasteiger partial charge in [0.05, 0.1) is 22.6 Å². The fraction of sp³-hybridized carbons (Fsp3) is 0.458. The lowest BCUT2D eigenvalue weighted by molar-refractivity contribution is -0.0523. The van der Waals surface area contributed by atoms with Crippen LogP contribution < -0.4 is 10.9 Å². The van der Waals surface area contributed by atoms with E-state index in [2.05, 4.69) is 5.32 Å². The van der Waals surface area contributed by atoms with E-state index in [4.69, 9.17) is 4.98 Å². The fourth-order valence-electron chi connectivity index (χ4n) is 5.35. The van der Waals surface area contributed by atoms with Crippen molar-refractivity contribution in [2.75, 3.05) is 5.32 Å². The summed E-state index contributed by atoms with van der Waals surface area (Å²) in [6, 6.07) is 5.18. The second kappa shape index (κ2) is 7.62. The maximum absolute atomic E-state index is 13.9. The number of alkyl halides is 2. The summed E-state index contributed by atoms with van der Waals surface area (Å²) < 4.78 is 29.5. The summed E-state index contributed by atoms with van der Waals surface area (Å²) in [5.41, 5.74) is 2.14. The Morgan fingerprint density at radius 3 is 2.67 bits per heavy atom. The van der Waals surface area contributed by atoms with Crippen molar-refractivity contribution in [2.24, 2.45) is 0 Å². The second-order valence-corrected chi connectivity index (χ2v) is 10.3. The Balaban J connectivity index is 1.62. The molecule has 5 rings (SSSR count). The van der Waals surface area contributed by atoms with E-state index in [1.54, 1.807) is 16.0 Å². The molecule has 3 heterocycles. The Morgan fingerprint density at radius 2 is 1.97 bits per heavy atom. The van der Waals surface area contributed by atoms with Gasteiger partial charge < -0.3 is 10.4 Å². The van der Waals surface area contributed by atoms with E-state index in [9.17, 15) is 23.5 Å². The highest BCUT2D eigenvalue weighted by Gasteiger charge is 2.49. The van der Waals surface area contributed by atoms with Crippen LogP contribution in [0.4, 0.5) is 14.5 Å². The fourth-order valence-corrected chi connectivity index (χ4v) is 6.04. The van der Waals surface area contributed by atoms with Gasteiger partial charge in [0.25, 0.3) is 5.56 Å². The number of aryl methyl sites for hydroxylation is 1. The van der Waals surface area contributed by atoms with E-state index in [1.807, 2.05) is 26.0 Å². The minimum Gasteiger partial charge on any atom is -0.477 e. The molecule has 2 aromatic heterocycles. The van der Waals surface area contributed by atoms with E-state index < -0.39 is 17.3 Å². The summed E-state index contributed by atoms with van der Waals surface area (Å²) in [7, 11) is 0. The molecule has 1 saturated carbocycles. The van der Waals surface area contributed by atoms with Crippen LogP contribution in [0, 0.1) is 6.92 Å². The molecule has 2 N–H and O–H groups in total. The minimum absolute atomic E-state index is 0.136. The first-order chi connectivity index (χ1) is 15.6. The van der Waals surface area contributed by atoms with Crippen molar-refractivity contribution < 1.29 is 18.7 Å². The number of hydrogen-bond donors (Lipinski definition) is 2. The molecule has 3 aromatic rings. The number of carboxylic acids is 1. The average molecular weight is 474 g/mol. The van der Waals surface area contributed by atoms with Gasteiger partial charge in [-0.1, -0.05) is 6.07 Å². The molecule has 0 amide bonds. The number of benzene rings is 1. The number of carboxylic acid groups (broad SMARTS) is 1. The molecule has 0 radical (unpaired) electrons. The lowest BCUT2D eigenvalue weighted by atomic mass is 9.71. The van der Waals surface area contributed by atoms with Crippen LogP contribution in [0.15, 0.2) is 28.4 Å². The lowest BCUT2D eigenvalue weighted by Gasteiger charge is -2.36. The first-order valence-corrected chi connectivity index (χ1v) is 12.0. The predicted molar refractivity (Wildman–Crippen MR) is 124 cm³/mol. The van der Waals surface area contributed by atoms with Gasteiger partial charge in [0, 0.05) is 30.4 Å². The third-order valence-corrected chi connectivity index (χ3v) is 8.06. The first-order valence-electron chi connectivity index (χ1n) is 11.1. The number of thiophene rings is 1. The van der Waals surface area contributed by atoms with E-state index in [-0.39, 0.29) is 29.3 Å². The monoisotopic (exact) mass is 473 g/mol. The zero-order chi connectivity index (χ0) is 23.5. The summed E-state index contributed by atoms with van der Waals surface area (Å²) >= 11 is 1.14. The summed E-state index contributed by atoms with van der Waals surface area (Å²) in [6.07, 6.45) is 0.930. The van der Waals surface area contributed by atoms with Crippen LogP contribution in [0.3, 0.4) is 0 Å². The normalized spacial score (nSPS) is 19.5. The highest BCUT2D eigenvalue weighted by molar-refractivity contribution is 7.12. The molecule has 6 nitrogen and oxygen atoms in total. The number of halogens is 2. The molecular formula is C24H25F2N3O3S. The molecule has 1 aliphatic heterocycles. The van der Waals surface area contributed by atoms with Crippen molar-refractivity contribution in [3.63, 3.8) is 0 Å². The first kappa shape index (κ1) is 22.0. The van der Waals surface area contributed by atoms with Gasteiger partial charge in [0.2, 0.25) is 5.92 Å².